The van der Waals surface area contributed by atoms with Crippen molar-refractivity contribution in [3.63, 3.8) is 0 Å². The van der Waals surface area contributed by atoms with Crippen LogP contribution in [0.2, 0.25) is 0 Å². The van der Waals surface area contributed by atoms with Crippen molar-refractivity contribution < 1.29 is 0 Å². The third-order valence-corrected chi connectivity index (χ3v) is 5.45. The molecule has 0 bridgehead atoms. The first-order valence-electron chi connectivity index (χ1n) is 10.8. The van der Waals surface area contributed by atoms with Crippen LogP contribution >= 0.6 is 0 Å². The number of rotatable bonds is 9. The van der Waals surface area contributed by atoms with Gasteiger partial charge in [0, 0.05) is 23.9 Å². The molecule has 6 nitrogen and oxygen atoms in total. The number of hydrogen-bond acceptors (Lipinski definition) is 3. The van der Waals surface area contributed by atoms with E-state index in [0.29, 0.717) is 22.6 Å². The molecule has 3 rings (SSSR count). The predicted octanol–water partition coefficient (Wildman–Crippen LogP) is 5.38. The van der Waals surface area contributed by atoms with E-state index in [1.165, 1.54) is 42.0 Å². The Morgan fingerprint density at radius 3 is 2.57 bits per heavy atom. The minimum absolute atomic E-state index is 0.0190. The summed E-state index contributed by atoms with van der Waals surface area (Å²) in [7, 11) is 2.16. The Hall–Kier alpha value is -2.91. The fraction of sp³-hybridized carbons (Fsp3) is 0.458. The van der Waals surface area contributed by atoms with Crippen molar-refractivity contribution in [2.24, 2.45) is 0 Å². The van der Waals surface area contributed by atoms with Gasteiger partial charge in [-0.25, -0.2) is 14.3 Å². The van der Waals surface area contributed by atoms with Gasteiger partial charge in [-0.1, -0.05) is 64.3 Å². The van der Waals surface area contributed by atoms with E-state index in [2.05, 4.69) is 40.9 Å². The lowest BCUT2D eigenvalue weighted by Crippen LogP contribution is -2.22. The van der Waals surface area contributed by atoms with Crippen LogP contribution in [0.25, 0.3) is 21.7 Å². The molecule has 0 unspecified atom stereocenters. The first kappa shape index (κ1) is 21.8. The van der Waals surface area contributed by atoms with Gasteiger partial charge in [-0.2, -0.15) is 0 Å². The van der Waals surface area contributed by atoms with Gasteiger partial charge >= 0.3 is 0 Å². The Balaban J connectivity index is 1.88. The van der Waals surface area contributed by atoms with E-state index in [1.807, 2.05) is 26.0 Å². The van der Waals surface area contributed by atoms with E-state index in [1.54, 1.807) is 0 Å². The first-order chi connectivity index (χ1) is 14.5. The lowest BCUT2D eigenvalue weighted by Gasteiger charge is -2.17. The molecule has 158 valence electrons. The van der Waals surface area contributed by atoms with Crippen LogP contribution in [0.1, 0.15) is 63.5 Å². The second kappa shape index (κ2) is 9.73. The molecule has 2 heterocycles. The minimum Gasteiger partial charge on any atom is -0.308 e. The maximum Gasteiger partial charge on any atom is 0.275 e. The molecular formula is C24H31N5O. The van der Waals surface area contributed by atoms with E-state index >= 15 is 0 Å². The quantitative estimate of drug-likeness (QED) is 0.384. The van der Waals surface area contributed by atoms with Crippen molar-refractivity contribution >= 4 is 11.3 Å². The van der Waals surface area contributed by atoms with Gasteiger partial charge in [0.25, 0.3) is 5.56 Å². The molecule has 1 N–H and O–H groups in total. The summed E-state index contributed by atoms with van der Waals surface area (Å²) in [5.74, 6) is 0.0190. The van der Waals surface area contributed by atoms with Gasteiger partial charge in [0.05, 0.1) is 12.3 Å². The minimum atomic E-state index is -0.143. The van der Waals surface area contributed by atoms with E-state index in [9.17, 15) is 4.79 Å². The molecule has 30 heavy (non-hydrogen) atoms. The summed E-state index contributed by atoms with van der Waals surface area (Å²) in [5.41, 5.74) is 4.06. The summed E-state index contributed by atoms with van der Waals surface area (Å²) < 4.78 is 1.37. The number of nitrogens with zero attached hydrogens (tertiary/aromatic N) is 4. The Morgan fingerprint density at radius 1 is 1.20 bits per heavy atom. The molecule has 0 atom stereocenters. The van der Waals surface area contributed by atoms with E-state index < -0.39 is 0 Å². The number of aromatic nitrogens is 3. The van der Waals surface area contributed by atoms with E-state index in [-0.39, 0.29) is 11.5 Å². The Bertz CT molecular complexity index is 1090. The molecule has 3 aromatic rings. The molecule has 1 aromatic carbocycles. The van der Waals surface area contributed by atoms with Gasteiger partial charge in [-0.15, -0.1) is 0 Å². The van der Waals surface area contributed by atoms with Crippen LogP contribution < -0.4 is 5.56 Å². The van der Waals surface area contributed by atoms with Crippen molar-refractivity contribution in [2.75, 3.05) is 13.6 Å². The smallest absolute Gasteiger partial charge is 0.275 e. The number of aromatic amines is 1. The highest BCUT2D eigenvalue weighted by molar-refractivity contribution is 5.73. The fourth-order valence-corrected chi connectivity index (χ4v) is 3.81. The SMILES string of the molecule is [C-]#[N+]c1c[nH]n2c(=O)c(C(C)C)c(-c3ccc(CN(C)CCCCCC)cc3)nc12. The number of benzene rings is 1. The lowest BCUT2D eigenvalue weighted by molar-refractivity contribution is 0.317. The van der Waals surface area contributed by atoms with Crippen molar-refractivity contribution in [3.05, 3.63) is 63.4 Å². The molecule has 0 radical (unpaired) electrons. The molecule has 0 aliphatic heterocycles. The zero-order chi connectivity index (χ0) is 21.7. The topological polar surface area (TPSA) is 57.8 Å². The predicted molar refractivity (Wildman–Crippen MR) is 122 cm³/mol. The average Bonchev–Trinajstić information content (AvgIpc) is 3.15. The lowest BCUT2D eigenvalue weighted by atomic mass is 9.97. The van der Waals surface area contributed by atoms with Crippen molar-refractivity contribution in [2.45, 2.75) is 58.9 Å². The Kier molecular flexibility index (Phi) is 7.07. The summed E-state index contributed by atoms with van der Waals surface area (Å²) >= 11 is 0. The number of fused-ring (bicyclic) bond motifs is 1. The molecule has 0 fully saturated rings. The third kappa shape index (κ3) is 4.63. The molecule has 0 saturated heterocycles. The highest BCUT2D eigenvalue weighted by Gasteiger charge is 2.19. The van der Waals surface area contributed by atoms with Gasteiger partial charge in [-0.05, 0) is 31.5 Å². The molecule has 6 heteroatoms. The second-order valence-corrected chi connectivity index (χ2v) is 8.26. The average molecular weight is 406 g/mol. The van der Waals surface area contributed by atoms with Crippen LogP contribution in [0.3, 0.4) is 0 Å². The molecule has 2 aromatic heterocycles. The highest BCUT2D eigenvalue weighted by atomic mass is 16.1. The summed E-state index contributed by atoms with van der Waals surface area (Å²) in [4.78, 5) is 23.6. The van der Waals surface area contributed by atoms with Crippen LogP contribution in [-0.2, 0) is 6.54 Å². The Morgan fingerprint density at radius 2 is 1.93 bits per heavy atom. The summed E-state index contributed by atoms with van der Waals surface area (Å²) in [6.07, 6.45) is 6.60. The fourth-order valence-electron chi connectivity index (χ4n) is 3.81. The van der Waals surface area contributed by atoms with Crippen LogP contribution in [0.5, 0.6) is 0 Å². The van der Waals surface area contributed by atoms with Gasteiger partial charge in [0.1, 0.15) is 0 Å². The van der Waals surface area contributed by atoms with Crippen LogP contribution in [-0.4, -0.2) is 33.1 Å². The second-order valence-electron chi connectivity index (χ2n) is 8.26. The summed E-state index contributed by atoms with van der Waals surface area (Å²) in [6, 6.07) is 8.29. The van der Waals surface area contributed by atoms with Gasteiger partial charge in [-0.3, -0.25) is 4.79 Å². The maximum absolute atomic E-state index is 13.0. The monoisotopic (exact) mass is 405 g/mol. The van der Waals surface area contributed by atoms with E-state index in [0.717, 1.165) is 18.7 Å². The largest absolute Gasteiger partial charge is 0.308 e. The maximum atomic E-state index is 13.0. The van der Waals surface area contributed by atoms with Crippen molar-refractivity contribution in [1.29, 1.82) is 0 Å². The zero-order valence-corrected chi connectivity index (χ0v) is 18.4. The highest BCUT2D eigenvalue weighted by Crippen LogP contribution is 2.28. The van der Waals surface area contributed by atoms with E-state index in [4.69, 9.17) is 11.6 Å². The third-order valence-electron chi connectivity index (χ3n) is 5.45. The summed E-state index contributed by atoms with van der Waals surface area (Å²) in [5, 5.41) is 2.86. The molecule has 0 aliphatic rings. The van der Waals surface area contributed by atoms with Gasteiger partial charge in [0.15, 0.2) is 5.65 Å². The van der Waals surface area contributed by atoms with Crippen molar-refractivity contribution in [3.8, 4) is 11.3 Å². The number of H-pyrrole nitrogens is 1. The van der Waals surface area contributed by atoms with Crippen LogP contribution in [0, 0.1) is 6.57 Å². The number of unbranched alkanes of at least 4 members (excludes halogenated alkanes) is 3. The standard InChI is InChI=1S/C24H31N5O/c1-6-7-8-9-14-28(5)16-18-10-12-19(13-11-18)22-21(17(2)3)24(30)29-23(27-22)20(25-4)15-26-29/h10-13,15,17,26H,6-9,14,16H2,1-3,5H3. The number of hydrogen-bond donors (Lipinski definition) is 1. The normalized spacial score (nSPS) is 11.5. The van der Waals surface area contributed by atoms with Gasteiger partial charge in [0.2, 0.25) is 5.69 Å². The van der Waals surface area contributed by atoms with Crippen LogP contribution in [0.4, 0.5) is 5.69 Å². The molecule has 0 aliphatic carbocycles. The summed E-state index contributed by atoms with van der Waals surface area (Å²) in [6.45, 7) is 15.6. The molecule has 0 saturated carbocycles. The van der Waals surface area contributed by atoms with Crippen LogP contribution in [0.15, 0.2) is 35.3 Å². The molecule has 0 amide bonds. The first-order valence-corrected chi connectivity index (χ1v) is 10.8. The van der Waals surface area contributed by atoms with Gasteiger partial charge < -0.3 is 10.00 Å². The zero-order valence-electron chi connectivity index (χ0n) is 18.4. The molecular weight excluding hydrogens is 374 g/mol. The Labute approximate surface area is 178 Å². The molecule has 0 spiro atoms. The number of nitrogens with one attached hydrogen (secondary N) is 1. The van der Waals surface area contributed by atoms with Crippen molar-refractivity contribution in [1.82, 2.24) is 19.5 Å².